The first-order valence-corrected chi connectivity index (χ1v) is 9.52. The van der Waals surface area contributed by atoms with E-state index in [1.165, 1.54) is 0 Å². The molecule has 2 aliphatic rings. The number of carbonyl (C=O) groups excluding carboxylic acids is 2. The second-order valence-corrected chi connectivity index (χ2v) is 8.21. The summed E-state index contributed by atoms with van der Waals surface area (Å²) in [6.07, 6.45) is 3.32. The number of rotatable bonds is 5. The molecule has 0 saturated carbocycles. The van der Waals surface area contributed by atoms with Crippen molar-refractivity contribution in [3.63, 3.8) is 0 Å². The fraction of sp³-hybridized carbons (Fsp3) is 0.857. The number of hydrogen-bond acceptors (Lipinski definition) is 4. The fourth-order valence-electron chi connectivity index (χ4n) is 3.00. The Morgan fingerprint density at radius 3 is 2.67 bits per heavy atom. The van der Waals surface area contributed by atoms with Crippen LogP contribution in [0.1, 0.15) is 39.0 Å². The van der Waals surface area contributed by atoms with Crippen molar-refractivity contribution >= 4 is 21.7 Å². The van der Waals surface area contributed by atoms with Gasteiger partial charge in [0.2, 0.25) is 11.8 Å². The van der Waals surface area contributed by atoms with Crippen LogP contribution in [0.5, 0.6) is 0 Å². The third kappa shape index (κ3) is 4.18. The quantitative estimate of drug-likeness (QED) is 0.792. The molecule has 7 heteroatoms. The van der Waals surface area contributed by atoms with E-state index < -0.39 is 9.84 Å². The molecule has 1 N–H and O–H groups in total. The number of hydrogen-bond donors (Lipinski definition) is 1. The van der Waals surface area contributed by atoms with Gasteiger partial charge in [-0.2, -0.15) is 0 Å². The molecule has 2 heterocycles. The van der Waals surface area contributed by atoms with Crippen molar-refractivity contribution < 1.29 is 18.0 Å². The van der Waals surface area contributed by atoms with Crippen molar-refractivity contribution in [1.29, 1.82) is 0 Å². The molecular formula is C14H24N2O4S. The van der Waals surface area contributed by atoms with Crippen LogP contribution in [0.25, 0.3) is 0 Å². The van der Waals surface area contributed by atoms with Crippen molar-refractivity contribution in [3.8, 4) is 0 Å². The third-order valence-electron chi connectivity index (χ3n) is 4.30. The highest BCUT2D eigenvalue weighted by Gasteiger charge is 2.37. The molecule has 0 aromatic heterocycles. The van der Waals surface area contributed by atoms with Crippen LogP contribution in [0.3, 0.4) is 0 Å². The Labute approximate surface area is 126 Å². The Morgan fingerprint density at radius 1 is 1.38 bits per heavy atom. The number of unbranched alkanes of at least 4 members (excludes halogenated alkanes) is 1. The van der Waals surface area contributed by atoms with Gasteiger partial charge in [-0.25, -0.2) is 8.42 Å². The lowest BCUT2D eigenvalue weighted by Crippen LogP contribution is -2.49. The summed E-state index contributed by atoms with van der Waals surface area (Å²) in [5.41, 5.74) is 0. The first-order valence-electron chi connectivity index (χ1n) is 7.70. The maximum Gasteiger partial charge on any atom is 0.227 e. The molecule has 2 fully saturated rings. The van der Waals surface area contributed by atoms with Gasteiger partial charge < -0.3 is 10.2 Å². The monoisotopic (exact) mass is 316 g/mol. The fourth-order valence-corrected chi connectivity index (χ4v) is 4.73. The van der Waals surface area contributed by atoms with Gasteiger partial charge in [0.05, 0.1) is 17.4 Å². The number of amides is 2. The van der Waals surface area contributed by atoms with Crippen LogP contribution in [-0.2, 0) is 19.4 Å². The molecule has 0 aromatic rings. The summed E-state index contributed by atoms with van der Waals surface area (Å²) in [6, 6.07) is -0.188. The number of nitrogens with zero attached hydrogens (tertiary/aromatic N) is 1. The second-order valence-electron chi connectivity index (χ2n) is 5.98. The lowest BCUT2D eigenvalue weighted by Gasteiger charge is -2.33. The molecule has 0 aliphatic carbocycles. The molecule has 21 heavy (non-hydrogen) atoms. The van der Waals surface area contributed by atoms with E-state index in [-0.39, 0.29) is 35.3 Å². The Balaban J connectivity index is 2.04. The molecule has 2 unspecified atom stereocenters. The van der Waals surface area contributed by atoms with Crippen molar-refractivity contribution in [2.24, 2.45) is 5.92 Å². The van der Waals surface area contributed by atoms with Crippen LogP contribution in [0.15, 0.2) is 0 Å². The van der Waals surface area contributed by atoms with Gasteiger partial charge in [-0.05, 0) is 19.3 Å². The molecule has 2 rings (SSSR count). The lowest BCUT2D eigenvalue weighted by atomic mass is 9.96. The van der Waals surface area contributed by atoms with Gasteiger partial charge in [0, 0.05) is 25.6 Å². The molecule has 0 bridgehead atoms. The average Bonchev–Trinajstić information content (AvgIpc) is 2.80. The summed E-state index contributed by atoms with van der Waals surface area (Å²) in [6.45, 7) is 3.04. The maximum atomic E-state index is 12.7. The van der Waals surface area contributed by atoms with Crippen molar-refractivity contribution in [2.45, 2.75) is 45.1 Å². The smallest absolute Gasteiger partial charge is 0.227 e. The van der Waals surface area contributed by atoms with Crippen LogP contribution in [0.4, 0.5) is 0 Å². The molecule has 120 valence electrons. The Kier molecular flexibility index (Phi) is 5.24. The van der Waals surface area contributed by atoms with Crippen LogP contribution in [-0.4, -0.2) is 55.8 Å². The highest BCUT2D eigenvalue weighted by atomic mass is 32.2. The molecule has 2 amide bonds. The molecule has 0 spiro atoms. The average molecular weight is 316 g/mol. The van der Waals surface area contributed by atoms with Gasteiger partial charge in [-0.1, -0.05) is 13.3 Å². The van der Waals surface area contributed by atoms with Gasteiger partial charge >= 0.3 is 0 Å². The van der Waals surface area contributed by atoms with E-state index in [1.807, 2.05) is 0 Å². The third-order valence-corrected chi connectivity index (χ3v) is 6.05. The maximum absolute atomic E-state index is 12.7. The van der Waals surface area contributed by atoms with Gasteiger partial charge in [0.25, 0.3) is 0 Å². The van der Waals surface area contributed by atoms with Crippen LogP contribution in [0.2, 0.25) is 0 Å². The molecule has 2 atom stereocenters. The van der Waals surface area contributed by atoms with E-state index in [2.05, 4.69) is 12.2 Å². The van der Waals surface area contributed by atoms with Gasteiger partial charge in [0.1, 0.15) is 0 Å². The number of piperidine rings is 1. The first-order chi connectivity index (χ1) is 9.93. The normalized spacial score (nSPS) is 28.1. The predicted molar refractivity (Wildman–Crippen MR) is 79.4 cm³/mol. The largest absolute Gasteiger partial charge is 0.355 e. The highest BCUT2D eigenvalue weighted by molar-refractivity contribution is 7.91. The minimum atomic E-state index is -3.00. The summed E-state index contributed by atoms with van der Waals surface area (Å²) < 4.78 is 23.3. The van der Waals surface area contributed by atoms with E-state index >= 15 is 0 Å². The predicted octanol–water partition coefficient (Wildman–Crippen LogP) is 0.328. The summed E-state index contributed by atoms with van der Waals surface area (Å²) in [4.78, 5) is 25.6. The zero-order chi connectivity index (χ0) is 15.5. The van der Waals surface area contributed by atoms with E-state index in [0.29, 0.717) is 32.4 Å². The summed E-state index contributed by atoms with van der Waals surface area (Å²) in [5.74, 6) is 0.0484. The number of nitrogens with one attached hydrogen (secondary N) is 1. The summed E-state index contributed by atoms with van der Waals surface area (Å²) >= 11 is 0. The van der Waals surface area contributed by atoms with Gasteiger partial charge in [0.15, 0.2) is 9.84 Å². The second kappa shape index (κ2) is 6.77. The molecule has 0 aromatic carbocycles. The highest BCUT2D eigenvalue weighted by Crippen LogP contribution is 2.22. The van der Waals surface area contributed by atoms with E-state index in [0.717, 1.165) is 12.8 Å². The van der Waals surface area contributed by atoms with Crippen LogP contribution in [0, 0.1) is 5.92 Å². The topological polar surface area (TPSA) is 83.6 Å². The minimum Gasteiger partial charge on any atom is -0.355 e. The lowest BCUT2D eigenvalue weighted by molar-refractivity contribution is -0.139. The van der Waals surface area contributed by atoms with Crippen molar-refractivity contribution in [3.05, 3.63) is 0 Å². The number of sulfone groups is 1. The van der Waals surface area contributed by atoms with Gasteiger partial charge in [-0.15, -0.1) is 0 Å². The minimum absolute atomic E-state index is 0.00514. The Bertz CT molecular complexity index is 493. The summed E-state index contributed by atoms with van der Waals surface area (Å²) in [5, 5.41) is 2.73. The van der Waals surface area contributed by atoms with Gasteiger partial charge in [-0.3, -0.25) is 9.59 Å². The number of carbonyl (C=O) groups is 2. The van der Waals surface area contributed by atoms with Crippen molar-refractivity contribution in [2.75, 3.05) is 24.6 Å². The van der Waals surface area contributed by atoms with Crippen LogP contribution >= 0.6 is 0 Å². The van der Waals surface area contributed by atoms with Crippen LogP contribution < -0.4 is 5.32 Å². The first kappa shape index (κ1) is 16.3. The van der Waals surface area contributed by atoms with Crippen molar-refractivity contribution in [1.82, 2.24) is 10.2 Å². The van der Waals surface area contributed by atoms with E-state index in [9.17, 15) is 18.0 Å². The zero-order valence-corrected chi connectivity index (χ0v) is 13.3. The van der Waals surface area contributed by atoms with E-state index in [1.54, 1.807) is 4.90 Å². The molecule has 6 nitrogen and oxygen atoms in total. The SMILES string of the molecule is CCCCN(C(=O)C1CCC(=O)NC1)C1CCS(=O)(=O)C1. The molecule has 2 saturated heterocycles. The Hall–Kier alpha value is -1.11. The van der Waals surface area contributed by atoms with E-state index in [4.69, 9.17) is 0 Å². The molecule has 2 aliphatic heterocycles. The standard InChI is InChI=1S/C14H24N2O4S/c1-2-3-7-16(12-6-8-21(19,20)10-12)14(18)11-4-5-13(17)15-9-11/h11-12H,2-10H2,1H3,(H,15,17). The Morgan fingerprint density at radius 2 is 2.14 bits per heavy atom. The molecule has 0 radical (unpaired) electrons. The summed E-state index contributed by atoms with van der Waals surface area (Å²) in [7, 11) is -3.00. The molecular weight excluding hydrogens is 292 g/mol. The zero-order valence-electron chi connectivity index (χ0n) is 12.5.